The summed E-state index contributed by atoms with van der Waals surface area (Å²) in [7, 11) is -3.34. The lowest BCUT2D eigenvalue weighted by molar-refractivity contribution is -0.128. The van der Waals surface area contributed by atoms with Gasteiger partial charge in [-0.1, -0.05) is 12.1 Å². The minimum atomic E-state index is -3.34. The number of benzene rings is 2. The maximum absolute atomic E-state index is 12.5. The molecule has 138 valence electrons. The molecule has 0 bridgehead atoms. The van der Waals surface area contributed by atoms with E-state index in [2.05, 4.69) is 10.0 Å². The fourth-order valence-corrected chi connectivity index (χ4v) is 3.13. The molecule has 26 heavy (non-hydrogen) atoms. The Balaban J connectivity index is 1.67. The summed E-state index contributed by atoms with van der Waals surface area (Å²) in [6, 6.07) is 13.6. The van der Waals surface area contributed by atoms with E-state index in [4.69, 9.17) is 9.47 Å². The number of sulfonamides is 1. The van der Waals surface area contributed by atoms with Crippen LogP contribution in [0.5, 0.6) is 11.5 Å². The average molecular weight is 376 g/mol. The molecule has 7 nitrogen and oxygen atoms in total. The van der Waals surface area contributed by atoms with Crippen molar-refractivity contribution < 1.29 is 22.7 Å². The quantitative estimate of drug-likeness (QED) is 0.837. The molecule has 0 fully saturated rings. The number of hydrogen-bond acceptors (Lipinski definition) is 5. The molecule has 2 atom stereocenters. The number of anilines is 2. The molecule has 0 saturated carbocycles. The van der Waals surface area contributed by atoms with Gasteiger partial charge in [0.1, 0.15) is 6.10 Å². The van der Waals surface area contributed by atoms with Crippen LogP contribution in [0.4, 0.5) is 11.4 Å². The van der Waals surface area contributed by atoms with Gasteiger partial charge < -0.3 is 14.8 Å². The fraction of sp³-hybridized carbons (Fsp3) is 0.278. The Hall–Kier alpha value is -2.74. The molecule has 2 aromatic rings. The van der Waals surface area contributed by atoms with Crippen molar-refractivity contribution in [3.05, 3.63) is 48.5 Å². The van der Waals surface area contributed by atoms with Gasteiger partial charge >= 0.3 is 0 Å². The van der Waals surface area contributed by atoms with Gasteiger partial charge in [0, 0.05) is 11.4 Å². The molecule has 1 aliphatic heterocycles. The summed E-state index contributed by atoms with van der Waals surface area (Å²) < 4.78 is 37.1. The Morgan fingerprint density at radius 1 is 1.00 bits per heavy atom. The Labute approximate surface area is 152 Å². The molecule has 1 aliphatic rings. The van der Waals surface area contributed by atoms with E-state index >= 15 is 0 Å². The minimum Gasteiger partial charge on any atom is -0.482 e. The van der Waals surface area contributed by atoms with Gasteiger partial charge in [0.2, 0.25) is 16.1 Å². The van der Waals surface area contributed by atoms with Crippen molar-refractivity contribution in [1.82, 2.24) is 0 Å². The third-order valence-corrected chi connectivity index (χ3v) is 5.21. The van der Waals surface area contributed by atoms with Crippen LogP contribution in [-0.2, 0) is 14.8 Å². The second-order valence-corrected chi connectivity index (χ2v) is 7.89. The zero-order chi connectivity index (χ0) is 18.7. The molecule has 2 unspecified atom stereocenters. The second-order valence-electron chi connectivity index (χ2n) is 5.88. The van der Waals surface area contributed by atoms with Gasteiger partial charge in [-0.05, 0) is 50.2 Å². The van der Waals surface area contributed by atoms with Crippen LogP contribution in [0.2, 0.25) is 0 Å². The van der Waals surface area contributed by atoms with Gasteiger partial charge in [0.25, 0.3) is 5.91 Å². The first-order valence-corrected chi connectivity index (χ1v) is 9.87. The predicted octanol–water partition coefficient (Wildman–Crippen LogP) is 2.62. The first kappa shape index (κ1) is 18.1. The largest absolute Gasteiger partial charge is 0.482 e. The zero-order valence-corrected chi connectivity index (χ0v) is 15.2. The van der Waals surface area contributed by atoms with E-state index in [1.165, 1.54) is 0 Å². The highest BCUT2D eigenvalue weighted by Crippen LogP contribution is 2.33. The number of para-hydroxylation sites is 2. The lowest BCUT2D eigenvalue weighted by atomic mass is 10.1. The average Bonchev–Trinajstić information content (AvgIpc) is 2.62. The Morgan fingerprint density at radius 2 is 1.58 bits per heavy atom. The van der Waals surface area contributed by atoms with E-state index in [0.717, 1.165) is 0 Å². The summed E-state index contributed by atoms with van der Waals surface area (Å²) >= 11 is 0. The molecule has 2 aromatic carbocycles. The summed E-state index contributed by atoms with van der Waals surface area (Å²) in [5.41, 5.74) is 0.966. The molecule has 0 aliphatic carbocycles. The maximum atomic E-state index is 12.5. The summed E-state index contributed by atoms with van der Waals surface area (Å²) in [6.45, 7) is 3.32. The standard InChI is InChI=1S/C18H20N2O5S/c1-3-26(22,23)20-14-10-8-13(9-11-14)19-18(21)17-12(2)24-15-6-4-5-7-16(15)25-17/h4-12,17,20H,3H2,1-2H3,(H,19,21). The van der Waals surface area contributed by atoms with Crippen LogP contribution in [0.25, 0.3) is 0 Å². The topological polar surface area (TPSA) is 93.7 Å². The maximum Gasteiger partial charge on any atom is 0.269 e. The van der Waals surface area contributed by atoms with Crippen LogP contribution < -0.4 is 19.5 Å². The second kappa shape index (κ2) is 7.25. The highest BCUT2D eigenvalue weighted by Gasteiger charge is 2.34. The van der Waals surface area contributed by atoms with E-state index in [1.54, 1.807) is 50.2 Å². The van der Waals surface area contributed by atoms with Crippen molar-refractivity contribution in [2.75, 3.05) is 15.8 Å². The first-order valence-electron chi connectivity index (χ1n) is 8.22. The molecule has 0 saturated heterocycles. The fourth-order valence-electron chi connectivity index (χ4n) is 2.49. The number of amides is 1. The van der Waals surface area contributed by atoms with Gasteiger partial charge in [-0.15, -0.1) is 0 Å². The van der Waals surface area contributed by atoms with E-state index < -0.39 is 22.2 Å². The summed E-state index contributed by atoms with van der Waals surface area (Å²) in [5, 5.41) is 2.76. The molecule has 0 radical (unpaired) electrons. The van der Waals surface area contributed by atoms with Crippen LogP contribution >= 0.6 is 0 Å². The van der Waals surface area contributed by atoms with Crippen LogP contribution in [0.15, 0.2) is 48.5 Å². The summed E-state index contributed by atoms with van der Waals surface area (Å²) in [5.74, 6) is 0.782. The Morgan fingerprint density at radius 3 is 2.19 bits per heavy atom. The Kier molecular flexibility index (Phi) is 5.03. The van der Waals surface area contributed by atoms with Crippen LogP contribution in [-0.4, -0.2) is 32.3 Å². The predicted molar refractivity (Wildman–Crippen MR) is 99.1 cm³/mol. The van der Waals surface area contributed by atoms with Crippen molar-refractivity contribution in [2.45, 2.75) is 26.1 Å². The third kappa shape index (κ3) is 4.08. The summed E-state index contributed by atoms with van der Waals surface area (Å²) in [6.07, 6.45) is -1.23. The number of fused-ring (bicyclic) bond motifs is 1. The van der Waals surface area contributed by atoms with Crippen LogP contribution in [0.3, 0.4) is 0 Å². The van der Waals surface area contributed by atoms with Crippen LogP contribution in [0, 0.1) is 0 Å². The molecule has 2 N–H and O–H groups in total. The monoisotopic (exact) mass is 376 g/mol. The molecule has 1 amide bonds. The molecule has 1 heterocycles. The number of rotatable bonds is 5. The molecule has 3 rings (SSSR count). The lowest BCUT2D eigenvalue weighted by Gasteiger charge is -2.31. The van der Waals surface area contributed by atoms with E-state index in [1.807, 2.05) is 12.1 Å². The highest BCUT2D eigenvalue weighted by atomic mass is 32.2. The minimum absolute atomic E-state index is 0.0101. The third-order valence-electron chi connectivity index (χ3n) is 3.91. The molecule has 0 aromatic heterocycles. The molecular weight excluding hydrogens is 356 g/mol. The number of carbonyl (C=O) groups excluding carboxylic acids is 1. The van der Waals surface area contributed by atoms with Crippen molar-refractivity contribution in [2.24, 2.45) is 0 Å². The van der Waals surface area contributed by atoms with Gasteiger partial charge in [-0.3, -0.25) is 9.52 Å². The van der Waals surface area contributed by atoms with Crippen molar-refractivity contribution in [1.29, 1.82) is 0 Å². The van der Waals surface area contributed by atoms with E-state index in [-0.39, 0.29) is 11.7 Å². The zero-order valence-electron chi connectivity index (χ0n) is 14.4. The number of ether oxygens (including phenoxy) is 2. The van der Waals surface area contributed by atoms with Crippen LogP contribution in [0.1, 0.15) is 13.8 Å². The van der Waals surface area contributed by atoms with Gasteiger partial charge in [-0.2, -0.15) is 0 Å². The highest BCUT2D eigenvalue weighted by molar-refractivity contribution is 7.92. The number of nitrogens with one attached hydrogen (secondary N) is 2. The SMILES string of the molecule is CCS(=O)(=O)Nc1ccc(NC(=O)C2Oc3ccccc3OC2C)cc1. The normalized spacial score (nSPS) is 18.8. The van der Waals surface area contributed by atoms with Gasteiger partial charge in [0.05, 0.1) is 5.75 Å². The summed E-state index contributed by atoms with van der Waals surface area (Å²) in [4.78, 5) is 12.5. The number of carbonyl (C=O) groups is 1. The first-order chi connectivity index (χ1) is 12.4. The van der Waals surface area contributed by atoms with Crippen molar-refractivity contribution in [3.63, 3.8) is 0 Å². The molecular formula is C18H20N2O5S. The van der Waals surface area contributed by atoms with E-state index in [9.17, 15) is 13.2 Å². The van der Waals surface area contributed by atoms with E-state index in [0.29, 0.717) is 22.9 Å². The van der Waals surface area contributed by atoms with Crippen molar-refractivity contribution >= 4 is 27.3 Å². The Bertz CT molecular complexity index is 896. The smallest absolute Gasteiger partial charge is 0.269 e. The molecule has 0 spiro atoms. The van der Waals surface area contributed by atoms with Gasteiger partial charge in [0.15, 0.2) is 11.5 Å². The van der Waals surface area contributed by atoms with Crippen molar-refractivity contribution in [3.8, 4) is 11.5 Å². The molecule has 8 heteroatoms. The lowest BCUT2D eigenvalue weighted by Crippen LogP contribution is -2.46. The van der Waals surface area contributed by atoms with Gasteiger partial charge in [-0.25, -0.2) is 8.42 Å². The number of hydrogen-bond donors (Lipinski definition) is 2.